The predicted octanol–water partition coefficient (Wildman–Crippen LogP) is 2.48. The van der Waals surface area contributed by atoms with E-state index in [1.54, 1.807) is 24.3 Å². The summed E-state index contributed by atoms with van der Waals surface area (Å²) in [6.07, 6.45) is 6.27. The molecule has 0 bridgehead atoms. The average Bonchev–Trinajstić information content (AvgIpc) is 2.38. The largest absolute Gasteiger partial charge is 0.508 e. The number of hydrogen-bond donors (Lipinski definition) is 1. The van der Waals surface area contributed by atoms with Gasteiger partial charge in [0.05, 0.1) is 12.7 Å². The number of esters is 1. The lowest BCUT2D eigenvalue weighted by molar-refractivity contribution is -0.135. The van der Waals surface area contributed by atoms with E-state index < -0.39 is 0 Å². The minimum absolute atomic E-state index is 0.214. The van der Waals surface area contributed by atoms with Crippen molar-refractivity contribution in [1.82, 2.24) is 0 Å². The van der Waals surface area contributed by atoms with Gasteiger partial charge in [0.15, 0.2) is 0 Å². The fraction of sp³-hybridized carbons (Fsp3) is 0.143. The van der Waals surface area contributed by atoms with Gasteiger partial charge in [0, 0.05) is 0 Å². The zero-order valence-electron chi connectivity index (χ0n) is 9.51. The molecule has 0 unspecified atom stereocenters. The van der Waals surface area contributed by atoms with Crippen molar-refractivity contribution in [3.63, 3.8) is 0 Å². The molecule has 1 aromatic carbocycles. The lowest BCUT2D eigenvalue weighted by atomic mass is 9.93. The Morgan fingerprint density at radius 2 is 2.24 bits per heavy atom. The van der Waals surface area contributed by atoms with Crippen LogP contribution in [-0.4, -0.2) is 18.2 Å². The second kappa shape index (κ2) is 4.87. The summed E-state index contributed by atoms with van der Waals surface area (Å²) in [5, 5.41) is 9.42. The zero-order valence-corrected chi connectivity index (χ0v) is 9.51. The molecule has 3 nitrogen and oxygen atoms in total. The summed E-state index contributed by atoms with van der Waals surface area (Å²) < 4.78 is 4.68. The van der Waals surface area contributed by atoms with Crippen molar-refractivity contribution in [2.75, 3.05) is 7.11 Å². The van der Waals surface area contributed by atoms with E-state index in [1.807, 2.05) is 18.6 Å². The lowest BCUT2D eigenvalue weighted by Crippen LogP contribution is -2.06. The van der Waals surface area contributed by atoms with Gasteiger partial charge in [0.1, 0.15) is 5.75 Å². The highest BCUT2D eigenvalue weighted by Gasteiger charge is 2.13. The molecule has 0 amide bonds. The lowest BCUT2D eigenvalue weighted by Gasteiger charge is -2.12. The summed E-state index contributed by atoms with van der Waals surface area (Å²) in [5.74, 6) is -0.123. The van der Waals surface area contributed by atoms with Crippen molar-refractivity contribution in [3.05, 3.63) is 54.0 Å². The Bertz CT molecular complexity index is 498. The first-order valence-corrected chi connectivity index (χ1v) is 5.33. The monoisotopic (exact) mass is 229 g/mol. The van der Waals surface area contributed by atoms with Crippen LogP contribution < -0.4 is 0 Å². The van der Waals surface area contributed by atoms with Crippen LogP contribution >= 0.6 is 0 Å². The number of aromatic hydroxyl groups is 1. The Morgan fingerprint density at radius 1 is 1.41 bits per heavy atom. The van der Waals surface area contributed by atoms with Crippen molar-refractivity contribution in [3.8, 4) is 5.75 Å². The van der Waals surface area contributed by atoms with Crippen LogP contribution in [0, 0.1) is 6.42 Å². The number of ether oxygens (including phenoxy) is 1. The number of allylic oxidation sites excluding steroid dienone is 2. The predicted molar refractivity (Wildman–Crippen MR) is 65.1 cm³/mol. The van der Waals surface area contributed by atoms with Crippen molar-refractivity contribution in [2.45, 2.75) is 6.42 Å². The van der Waals surface area contributed by atoms with Gasteiger partial charge in [0.25, 0.3) is 0 Å². The van der Waals surface area contributed by atoms with Crippen molar-refractivity contribution in [2.24, 2.45) is 0 Å². The van der Waals surface area contributed by atoms with Gasteiger partial charge in [-0.15, -0.1) is 0 Å². The third-order valence-electron chi connectivity index (χ3n) is 2.59. The molecule has 87 valence electrons. The first-order chi connectivity index (χ1) is 8.20. The van der Waals surface area contributed by atoms with E-state index in [0.29, 0.717) is 12.0 Å². The zero-order chi connectivity index (χ0) is 12.3. The molecule has 1 radical (unpaired) electrons. The molecular formula is C14H13O3. The van der Waals surface area contributed by atoms with Gasteiger partial charge in [0.2, 0.25) is 0 Å². The fourth-order valence-electron chi connectivity index (χ4n) is 1.75. The van der Waals surface area contributed by atoms with Crippen LogP contribution in [0.15, 0.2) is 42.0 Å². The van der Waals surface area contributed by atoms with Crippen LogP contribution in [0.3, 0.4) is 0 Å². The van der Waals surface area contributed by atoms with E-state index in [1.165, 1.54) is 7.11 Å². The number of phenolic OH excluding ortho intramolecular Hbond substituents is 1. The maximum atomic E-state index is 11.4. The van der Waals surface area contributed by atoms with Crippen molar-refractivity contribution < 1.29 is 14.6 Å². The standard InChI is InChI=1S/C14H13O3/c1-17-14(16)12-6-2-4-10(8-12)11-5-3-7-13(15)9-11/h3-9,15H,2H2,1H3. The molecule has 1 aliphatic carbocycles. The Morgan fingerprint density at radius 3 is 2.94 bits per heavy atom. The second-order valence-electron chi connectivity index (χ2n) is 3.74. The minimum Gasteiger partial charge on any atom is -0.508 e. The van der Waals surface area contributed by atoms with Gasteiger partial charge in [-0.25, -0.2) is 4.79 Å². The fourth-order valence-corrected chi connectivity index (χ4v) is 1.75. The molecule has 0 fully saturated rings. The van der Waals surface area contributed by atoms with E-state index in [2.05, 4.69) is 4.74 Å². The topological polar surface area (TPSA) is 46.5 Å². The Balaban J connectivity index is 2.31. The molecule has 0 saturated heterocycles. The van der Waals surface area contributed by atoms with Crippen LogP contribution in [0.1, 0.15) is 12.0 Å². The molecule has 0 saturated carbocycles. The highest BCUT2D eigenvalue weighted by Crippen LogP contribution is 2.27. The molecule has 0 heterocycles. The van der Waals surface area contributed by atoms with E-state index in [9.17, 15) is 9.90 Å². The number of carbonyl (C=O) groups excluding carboxylic acids is 1. The maximum absolute atomic E-state index is 11.4. The highest BCUT2D eigenvalue weighted by atomic mass is 16.5. The Labute approximate surface area is 100 Å². The number of methoxy groups -OCH3 is 1. The normalized spacial score (nSPS) is 14.9. The van der Waals surface area contributed by atoms with E-state index >= 15 is 0 Å². The summed E-state index contributed by atoms with van der Waals surface area (Å²) >= 11 is 0. The molecule has 0 atom stereocenters. The summed E-state index contributed by atoms with van der Waals surface area (Å²) in [4.78, 5) is 11.4. The second-order valence-corrected chi connectivity index (χ2v) is 3.74. The third-order valence-corrected chi connectivity index (χ3v) is 2.59. The molecule has 1 aromatic rings. The number of phenols is 1. The molecule has 0 aromatic heterocycles. The van der Waals surface area contributed by atoms with Gasteiger partial charge < -0.3 is 9.84 Å². The highest BCUT2D eigenvalue weighted by molar-refractivity contribution is 5.96. The summed E-state index contributed by atoms with van der Waals surface area (Å²) in [6.45, 7) is 0. The van der Waals surface area contributed by atoms with Crippen LogP contribution in [-0.2, 0) is 9.53 Å². The van der Waals surface area contributed by atoms with Gasteiger partial charge in [-0.3, -0.25) is 0 Å². The molecule has 17 heavy (non-hydrogen) atoms. The summed E-state index contributed by atoms with van der Waals surface area (Å²) in [6, 6.07) is 6.95. The van der Waals surface area contributed by atoms with E-state index in [0.717, 1.165) is 11.1 Å². The molecule has 3 heteroatoms. The van der Waals surface area contributed by atoms with Crippen LogP contribution in [0.25, 0.3) is 5.57 Å². The molecule has 2 rings (SSSR count). The van der Waals surface area contributed by atoms with E-state index in [4.69, 9.17) is 0 Å². The van der Waals surface area contributed by atoms with Gasteiger partial charge in [-0.2, -0.15) is 0 Å². The van der Waals surface area contributed by atoms with Crippen molar-refractivity contribution >= 4 is 11.5 Å². The van der Waals surface area contributed by atoms with Crippen LogP contribution in [0.2, 0.25) is 0 Å². The molecule has 0 spiro atoms. The smallest absolute Gasteiger partial charge is 0.337 e. The molecule has 1 aliphatic rings. The maximum Gasteiger partial charge on any atom is 0.337 e. The Kier molecular flexibility index (Phi) is 3.28. The Hall–Kier alpha value is -2.03. The van der Waals surface area contributed by atoms with Gasteiger partial charge in [-0.05, 0) is 42.2 Å². The number of carbonyl (C=O) groups is 1. The quantitative estimate of drug-likeness (QED) is 0.792. The van der Waals surface area contributed by atoms with Gasteiger partial charge in [-0.1, -0.05) is 18.2 Å². The number of hydrogen-bond acceptors (Lipinski definition) is 3. The molecule has 1 N–H and O–H groups in total. The number of rotatable bonds is 2. The SMILES string of the molecule is COC(=O)C1=CC[CH]C(c2cccc(O)c2)=C1. The van der Waals surface area contributed by atoms with Crippen LogP contribution in [0.5, 0.6) is 5.75 Å². The number of benzene rings is 1. The third kappa shape index (κ3) is 2.56. The van der Waals surface area contributed by atoms with E-state index in [-0.39, 0.29) is 11.7 Å². The molecular weight excluding hydrogens is 216 g/mol. The van der Waals surface area contributed by atoms with Crippen molar-refractivity contribution in [1.29, 1.82) is 0 Å². The van der Waals surface area contributed by atoms with Crippen LogP contribution in [0.4, 0.5) is 0 Å². The summed E-state index contributed by atoms with van der Waals surface area (Å²) in [7, 11) is 1.36. The first-order valence-electron chi connectivity index (χ1n) is 5.33. The first kappa shape index (κ1) is 11.5. The summed E-state index contributed by atoms with van der Waals surface area (Å²) in [5.41, 5.74) is 2.36. The average molecular weight is 229 g/mol. The van der Waals surface area contributed by atoms with Gasteiger partial charge >= 0.3 is 5.97 Å². The molecule has 0 aliphatic heterocycles. The minimum atomic E-state index is -0.337.